The standard InChI is InChI=1S/C13H16O2S2/c1-3-8-17(15)11-13-7-5-6-12(9-13)10-16(14)4-2/h3-9H,2,10-11H2,1H3. The fraction of sp³-hybridized carbons (Fsp3) is 0.231. The Morgan fingerprint density at radius 1 is 1.18 bits per heavy atom. The maximum absolute atomic E-state index is 11.6. The molecule has 0 saturated heterocycles. The third-order valence-corrected chi connectivity index (χ3v) is 4.27. The lowest BCUT2D eigenvalue weighted by Gasteiger charge is -2.02. The fourth-order valence-corrected chi connectivity index (χ4v) is 2.93. The lowest BCUT2D eigenvalue weighted by molar-refractivity contribution is 0.687. The maximum Gasteiger partial charge on any atom is 0.0526 e. The van der Waals surface area contributed by atoms with Crippen LogP contribution in [0.5, 0.6) is 0 Å². The lowest BCUT2D eigenvalue weighted by Crippen LogP contribution is -1.95. The largest absolute Gasteiger partial charge is 0.255 e. The van der Waals surface area contributed by atoms with Crippen molar-refractivity contribution in [3.05, 3.63) is 58.9 Å². The third-order valence-electron chi connectivity index (χ3n) is 2.08. The van der Waals surface area contributed by atoms with Gasteiger partial charge in [-0.15, -0.1) is 0 Å². The summed E-state index contributed by atoms with van der Waals surface area (Å²) in [7, 11) is -2.00. The van der Waals surface area contributed by atoms with Gasteiger partial charge in [0.15, 0.2) is 0 Å². The summed E-state index contributed by atoms with van der Waals surface area (Å²) in [5.74, 6) is 0.965. The van der Waals surface area contributed by atoms with Gasteiger partial charge in [0.25, 0.3) is 0 Å². The molecule has 0 saturated carbocycles. The van der Waals surface area contributed by atoms with Crippen molar-refractivity contribution in [2.45, 2.75) is 18.4 Å². The molecule has 92 valence electrons. The molecule has 2 unspecified atom stereocenters. The summed E-state index contributed by atoms with van der Waals surface area (Å²) < 4.78 is 22.9. The van der Waals surface area contributed by atoms with Crippen LogP contribution in [0.2, 0.25) is 0 Å². The predicted molar refractivity (Wildman–Crippen MR) is 75.1 cm³/mol. The Morgan fingerprint density at radius 2 is 1.76 bits per heavy atom. The highest BCUT2D eigenvalue weighted by Gasteiger charge is 2.01. The predicted octanol–water partition coefficient (Wildman–Crippen LogP) is 2.86. The van der Waals surface area contributed by atoms with Crippen LogP contribution in [-0.2, 0) is 33.1 Å². The summed E-state index contributed by atoms with van der Waals surface area (Å²) >= 11 is 0. The Bertz CT molecular complexity index is 464. The van der Waals surface area contributed by atoms with Gasteiger partial charge in [0.2, 0.25) is 0 Å². The van der Waals surface area contributed by atoms with Crippen LogP contribution in [0.1, 0.15) is 18.1 Å². The molecule has 0 radical (unpaired) electrons. The number of benzene rings is 1. The summed E-state index contributed by atoms with van der Waals surface area (Å²) in [6, 6.07) is 7.70. The van der Waals surface area contributed by atoms with Crippen molar-refractivity contribution in [1.29, 1.82) is 0 Å². The smallest absolute Gasteiger partial charge is 0.0526 e. The second-order valence-corrected chi connectivity index (χ2v) is 6.21. The van der Waals surface area contributed by atoms with E-state index < -0.39 is 21.6 Å². The Balaban J connectivity index is 2.75. The second kappa shape index (κ2) is 7.35. The molecule has 0 heterocycles. The summed E-state index contributed by atoms with van der Waals surface area (Å²) in [5.41, 5.74) is 1.98. The van der Waals surface area contributed by atoms with Gasteiger partial charge in [-0.2, -0.15) is 0 Å². The molecule has 0 spiro atoms. The van der Waals surface area contributed by atoms with Gasteiger partial charge in [-0.25, -0.2) is 0 Å². The molecular weight excluding hydrogens is 252 g/mol. The lowest BCUT2D eigenvalue weighted by atomic mass is 10.2. The highest BCUT2D eigenvalue weighted by atomic mass is 32.2. The molecule has 0 aliphatic heterocycles. The monoisotopic (exact) mass is 268 g/mol. The van der Waals surface area contributed by atoms with Gasteiger partial charge in [-0.1, -0.05) is 36.9 Å². The van der Waals surface area contributed by atoms with Gasteiger partial charge in [0.1, 0.15) is 0 Å². The maximum atomic E-state index is 11.6. The molecule has 2 atom stereocenters. The molecule has 0 aromatic heterocycles. The van der Waals surface area contributed by atoms with Crippen molar-refractivity contribution in [3.63, 3.8) is 0 Å². The van der Waals surface area contributed by atoms with Crippen molar-refractivity contribution >= 4 is 21.6 Å². The Kier molecular flexibility index (Phi) is 6.08. The minimum Gasteiger partial charge on any atom is -0.255 e. The molecule has 1 rings (SSSR count). The number of hydrogen-bond acceptors (Lipinski definition) is 2. The van der Waals surface area contributed by atoms with E-state index in [-0.39, 0.29) is 0 Å². The van der Waals surface area contributed by atoms with E-state index in [2.05, 4.69) is 6.58 Å². The molecule has 0 N–H and O–H groups in total. The van der Waals surface area contributed by atoms with Crippen LogP contribution < -0.4 is 0 Å². The molecule has 0 amide bonds. The molecule has 4 heteroatoms. The zero-order chi connectivity index (χ0) is 12.7. The number of rotatable bonds is 6. The van der Waals surface area contributed by atoms with Gasteiger partial charge in [-0.3, -0.25) is 8.42 Å². The Labute approximate surface area is 107 Å². The minimum absolute atomic E-state index is 0.466. The normalized spacial score (nSPS) is 14.6. The van der Waals surface area contributed by atoms with Crippen molar-refractivity contribution in [2.24, 2.45) is 0 Å². The molecule has 17 heavy (non-hydrogen) atoms. The molecule has 0 aliphatic carbocycles. The van der Waals surface area contributed by atoms with E-state index in [1.165, 1.54) is 5.41 Å². The third kappa shape index (κ3) is 5.24. The van der Waals surface area contributed by atoms with Crippen molar-refractivity contribution < 1.29 is 8.42 Å². The SMILES string of the molecule is C=CS(=O)Cc1cccc(CS(=O)C=CC)c1. The van der Waals surface area contributed by atoms with Crippen LogP contribution in [0.15, 0.2) is 47.7 Å². The average molecular weight is 268 g/mol. The summed E-state index contributed by atoms with van der Waals surface area (Å²) in [5, 5.41) is 3.11. The molecule has 0 bridgehead atoms. The topological polar surface area (TPSA) is 34.1 Å². The van der Waals surface area contributed by atoms with E-state index in [0.717, 1.165) is 11.1 Å². The first-order valence-electron chi connectivity index (χ1n) is 5.23. The zero-order valence-electron chi connectivity index (χ0n) is 9.80. The van der Waals surface area contributed by atoms with Crippen LogP contribution in [0.4, 0.5) is 0 Å². The van der Waals surface area contributed by atoms with E-state index in [4.69, 9.17) is 0 Å². The van der Waals surface area contributed by atoms with E-state index in [1.807, 2.05) is 31.2 Å². The number of hydrogen-bond donors (Lipinski definition) is 0. The van der Waals surface area contributed by atoms with E-state index >= 15 is 0 Å². The second-order valence-electron chi connectivity index (χ2n) is 3.51. The zero-order valence-corrected chi connectivity index (χ0v) is 11.4. The van der Waals surface area contributed by atoms with Gasteiger partial charge >= 0.3 is 0 Å². The van der Waals surface area contributed by atoms with Crippen LogP contribution in [0.25, 0.3) is 0 Å². The molecular formula is C13H16O2S2. The molecule has 2 nitrogen and oxygen atoms in total. The van der Waals surface area contributed by atoms with Crippen LogP contribution in [0, 0.1) is 0 Å². The molecule has 0 aliphatic rings. The van der Waals surface area contributed by atoms with Crippen molar-refractivity contribution in [2.75, 3.05) is 0 Å². The first-order valence-corrected chi connectivity index (χ1v) is 7.99. The minimum atomic E-state index is -1.03. The molecule has 0 fully saturated rings. The summed E-state index contributed by atoms with van der Waals surface area (Å²) in [6.07, 6.45) is 1.78. The first-order chi connectivity index (χ1) is 8.15. The highest BCUT2D eigenvalue weighted by molar-refractivity contribution is 7.87. The molecule has 1 aromatic rings. The Morgan fingerprint density at radius 3 is 2.29 bits per heavy atom. The summed E-state index contributed by atoms with van der Waals surface area (Å²) in [6.45, 7) is 5.34. The van der Waals surface area contributed by atoms with Crippen LogP contribution in [-0.4, -0.2) is 8.42 Å². The Hall–Kier alpha value is -1.00. The van der Waals surface area contributed by atoms with Crippen molar-refractivity contribution in [1.82, 2.24) is 0 Å². The average Bonchev–Trinajstić information content (AvgIpc) is 2.29. The van der Waals surface area contributed by atoms with Crippen LogP contribution in [0.3, 0.4) is 0 Å². The highest BCUT2D eigenvalue weighted by Crippen LogP contribution is 2.10. The van der Waals surface area contributed by atoms with E-state index in [1.54, 1.807) is 11.5 Å². The molecule has 1 aromatic carbocycles. The van der Waals surface area contributed by atoms with E-state index in [0.29, 0.717) is 11.5 Å². The van der Waals surface area contributed by atoms with Gasteiger partial charge < -0.3 is 0 Å². The first kappa shape index (κ1) is 14.1. The number of allylic oxidation sites excluding steroid dienone is 1. The van der Waals surface area contributed by atoms with Gasteiger partial charge in [0, 0.05) is 21.6 Å². The van der Waals surface area contributed by atoms with E-state index in [9.17, 15) is 8.42 Å². The van der Waals surface area contributed by atoms with Gasteiger partial charge in [-0.05, 0) is 28.9 Å². The fourth-order valence-electron chi connectivity index (χ4n) is 1.40. The van der Waals surface area contributed by atoms with Crippen molar-refractivity contribution in [3.8, 4) is 0 Å². The van der Waals surface area contributed by atoms with Gasteiger partial charge in [0.05, 0.1) is 11.5 Å². The quantitative estimate of drug-likeness (QED) is 0.795. The summed E-state index contributed by atoms with van der Waals surface area (Å²) in [4.78, 5) is 0. The van der Waals surface area contributed by atoms with Crippen LogP contribution >= 0.6 is 0 Å².